The summed E-state index contributed by atoms with van der Waals surface area (Å²) in [5, 5.41) is 8.62. The molecule has 5 heteroatoms. The molecule has 0 bridgehead atoms. The predicted octanol–water partition coefficient (Wildman–Crippen LogP) is 1.68. The van der Waals surface area contributed by atoms with E-state index in [1.165, 1.54) is 6.07 Å². The van der Waals surface area contributed by atoms with Gasteiger partial charge in [0.1, 0.15) is 11.9 Å². The standard InChI is InChI=1S/C12H15FN2OS/c1-9(5-6-14)17(16)8-11-4-2-3-10(7-15)12(11)13/h2-4,9H,5-6,8,14H2,1H3. The number of nitrogens with zero attached hydrogens (tertiary/aromatic N) is 1. The molecule has 92 valence electrons. The molecule has 2 unspecified atom stereocenters. The van der Waals surface area contributed by atoms with E-state index < -0.39 is 16.6 Å². The molecule has 0 saturated carbocycles. The highest BCUT2D eigenvalue weighted by Gasteiger charge is 2.14. The summed E-state index contributed by atoms with van der Waals surface area (Å²) in [4.78, 5) is 0. The Balaban J connectivity index is 2.82. The molecular formula is C12H15FN2OS. The van der Waals surface area contributed by atoms with Crippen molar-refractivity contribution in [3.8, 4) is 6.07 Å². The number of halogens is 1. The molecule has 0 heterocycles. The van der Waals surface area contributed by atoms with E-state index in [-0.39, 0.29) is 16.6 Å². The van der Waals surface area contributed by atoms with Gasteiger partial charge in [-0.3, -0.25) is 4.21 Å². The van der Waals surface area contributed by atoms with E-state index in [4.69, 9.17) is 11.0 Å². The molecule has 0 aromatic heterocycles. The Morgan fingerprint density at radius 1 is 1.59 bits per heavy atom. The third kappa shape index (κ3) is 3.62. The van der Waals surface area contributed by atoms with Gasteiger partial charge < -0.3 is 5.73 Å². The average Bonchev–Trinajstić information content (AvgIpc) is 2.32. The molecule has 17 heavy (non-hydrogen) atoms. The molecule has 0 saturated heterocycles. The second-order valence-corrected chi connectivity index (χ2v) is 5.66. The van der Waals surface area contributed by atoms with Crippen molar-refractivity contribution in [3.63, 3.8) is 0 Å². The minimum atomic E-state index is -1.17. The number of hydrogen-bond acceptors (Lipinski definition) is 3. The van der Waals surface area contributed by atoms with E-state index >= 15 is 0 Å². The topological polar surface area (TPSA) is 66.9 Å². The zero-order valence-corrected chi connectivity index (χ0v) is 10.5. The minimum absolute atomic E-state index is 0.00835. The second kappa shape index (κ2) is 6.48. The lowest BCUT2D eigenvalue weighted by Crippen LogP contribution is -2.17. The quantitative estimate of drug-likeness (QED) is 0.869. The Hall–Kier alpha value is -1.25. The van der Waals surface area contributed by atoms with Crippen LogP contribution in [0.4, 0.5) is 4.39 Å². The molecule has 0 aliphatic heterocycles. The third-order valence-electron chi connectivity index (χ3n) is 2.52. The molecule has 2 N–H and O–H groups in total. The molecule has 0 radical (unpaired) electrons. The van der Waals surface area contributed by atoms with Crippen LogP contribution in [0, 0.1) is 17.1 Å². The highest BCUT2D eigenvalue weighted by molar-refractivity contribution is 7.84. The van der Waals surface area contributed by atoms with Crippen molar-refractivity contribution >= 4 is 10.8 Å². The third-order valence-corrected chi connectivity index (χ3v) is 4.25. The van der Waals surface area contributed by atoms with Gasteiger partial charge in [-0.05, 0) is 19.0 Å². The van der Waals surface area contributed by atoms with Crippen LogP contribution in [0.5, 0.6) is 0 Å². The van der Waals surface area contributed by atoms with Crippen LogP contribution in [0.1, 0.15) is 24.5 Å². The Morgan fingerprint density at radius 2 is 2.29 bits per heavy atom. The summed E-state index contributed by atoms with van der Waals surface area (Å²) in [7, 11) is -1.17. The molecule has 0 aliphatic rings. The first kappa shape index (κ1) is 13.8. The van der Waals surface area contributed by atoms with Crippen molar-refractivity contribution < 1.29 is 8.60 Å². The molecule has 0 aliphatic carbocycles. The van der Waals surface area contributed by atoms with Crippen molar-refractivity contribution in [1.29, 1.82) is 5.26 Å². The van der Waals surface area contributed by atoms with Crippen molar-refractivity contribution in [3.05, 3.63) is 35.1 Å². The number of rotatable bonds is 5. The number of benzene rings is 1. The second-order valence-electron chi connectivity index (χ2n) is 3.80. The van der Waals surface area contributed by atoms with Gasteiger partial charge in [-0.25, -0.2) is 4.39 Å². The molecule has 1 aromatic carbocycles. The van der Waals surface area contributed by atoms with E-state index in [1.807, 2.05) is 6.92 Å². The lowest BCUT2D eigenvalue weighted by molar-refractivity contribution is 0.610. The van der Waals surface area contributed by atoms with Gasteiger partial charge in [-0.1, -0.05) is 19.1 Å². The Labute approximate surface area is 103 Å². The summed E-state index contributed by atoms with van der Waals surface area (Å²) >= 11 is 0. The van der Waals surface area contributed by atoms with Crippen molar-refractivity contribution in [2.75, 3.05) is 6.54 Å². The van der Waals surface area contributed by atoms with Crippen molar-refractivity contribution in [2.24, 2.45) is 5.73 Å². The smallest absolute Gasteiger partial charge is 0.145 e. The monoisotopic (exact) mass is 254 g/mol. The van der Waals surface area contributed by atoms with Gasteiger partial charge in [0.15, 0.2) is 0 Å². The summed E-state index contributed by atoms with van der Waals surface area (Å²) in [6, 6.07) is 6.33. The lowest BCUT2D eigenvalue weighted by atomic mass is 10.1. The van der Waals surface area contributed by atoms with E-state index in [1.54, 1.807) is 18.2 Å². The molecule has 1 aromatic rings. The highest BCUT2D eigenvalue weighted by atomic mass is 32.2. The van der Waals surface area contributed by atoms with Gasteiger partial charge in [-0.15, -0.1) is 0 Å². The van der Waals surface area contributed by atoms with Gasteiger partial charge in [0.25, 0.3) is 0 Å². The maximum absolute atomic E-state index is 13.7. The Kier molecular flexibility index (Phi) is 5.26. The zero-order valence-electron chi connectivity index (χ0n) is 9.65. The Morgan fingerprint density at radius 3 is 2.88 bits per heavy atom. The van der Waals surface area contributed by atoms with E-state index in [0.29, 0.717) is 18.5 Å². The summed E-state index contributed by atoms with van der Waals surface area (Å²) < 4.78 is 25.6. The van der Waals surface area contributed by atoms with Gasteiger partial charge in [0.2, 0.25) is 0 Å². The summed E-state index contributed by atoms with van der Waals surface area (Å²) in [6.07, 6.45) is 0.645. The van der Waals surface area contributed by atoms with Crippen LogP contribution < -0.4 is 5.73 Å². The molecule has 1 rings (SSSR count). The van der Waals surface area contributed by atoms with Crippen LogP contribution in [0.2, 0.25) is 0 Å². The van der Waals surface area contributed by atoms with Gasteiger partial charge in [0.05, 0.1) is 11.3 Å². The number of nitriles is 1. The Bertz CT molecular complexity index is 456. The molecule has 0 spiro atoms. The molecule has 0 amide bonds. The summed E-state index contributed by atoms with van der Waals surface area (Å²) in [6.45, 7) is 2.29. The lowest BCUT2D eigenvalue weighted by Gasteiger charge is -2.10. The van der Waals surface area contributed by atoms with Crippen LogP contribution in [-0.4, -0.2) is 16.0 Å². The van der Waals surface area contributed by atoms with Crippen LogP contribution >= 0.6 is 0 Å². The van der Waals surface area contributed by atoms with E-state index in [0.717, 1.165) is 0 Å². The molecule has 0 fully saturated rings. The highest BCUT2D eigenvalue weighted by Crippen LogP contribution is 2.16. The molecule has 2 atom stereocenters. The normalized spacial score (nSPS) is 14.0. The number of nitrogens with two attached hydrogens (primary N) is 1. The minimum Gasteiger partial charge on any atom is -0.330 e. The molecule has 3 nitrogen and oxygen atoms in total. The molecular weight excluding hydrogens is 239 g/mol. The average molecular weight is 254 g/mol. The van der Waals surface area contributed by atoms with Gasteiger partial charge in [-0.2, -0.15) is 5.26 Å². The predicted molar refractivity (Wildman–Crippen MR) is 66.1 cm³/mol. The summed E-state index contributed by atoms with van der Waals surface area (Å²) in [5.41, 5.74) is 5.70. The summed E-state index contributed by atoms with van der Waals surface area (Å²) in [5.74, 6) is -0.439. The first-order chi connectivity index (χ1) is 8.10. The van der Waals surface area contributed by atoms with Crippen LogP contribution in [0.3, 0.4) is 0 Å². The van der Waals surface area contributed by atoms with Gasteiger partial charge >= 0.3 is 0 Å². The maximum Gasteiger partial charge on any atom is 0.145 e. The number of hydrogen-bond donors (Lipinski definition) is 1. The SMILES string of the molecule is CC(CCN)S(=O)Cc1cccc(C#N)c1F. The maximum atomic E-state index is 13.7. The fourth-order valence-corrected chi connectivity index (χ4v) is 2.65. The van der Waals surface area contributed by atoms with Gasteiger partial charge in [0, 0.05) is 21.6 Å². The fraction of sp³-hybridized carbons (Fsp3) is 0.417. The van der Waals surface area contributed by atoms with Crippen LogP contribution in [0.15, 0.2) is 18.2 Å². The largest absolute Gasteiger partial charge is 0.330 e. The zero-order chi connectivity index (χ0) is 12.8. The van der Waals surface area contributed by atoms with E-state index in [2.05, 4.69) is 0 Å². The van der Waals surface area contributed by atoms with Crippen molar-refractivity contribution in [1.82, 2.24) is 0 Å². The van der Waals surface area contributed by atoms with Crippen molar-refractivity contribution in [2.45, 2.75) is 24.3 Å². The first-order valence-electron chi connectivity index (χ1n) is 5.35. The van der Waals surface area contributed by atoms with E-state index in [9.17, 15) is 8.60 Å². The fourth-order valence-electron chi connectivity index (χ4n) is 1.44. The first-order valence-corrected chi connectivity index (χ1v) is 6.73. The van der Waals surface area contributed by atoms with Crippen LogP contribution in [-0.2, 0) is 16.6 Å². The van der Waals surface area contributed by atoms with Crippen LogP contribution in [0.25, 0.3) is 0 Å².